The molecule has 3 atom stereocenters. The van der Waals surface area contributed by atoms with Crippen molar-refractivity contribution in [3.05, 3.63) is 48.6 Å². The van der Waals surface area contributed by atoms with Gasteiger partial charge in [0.15, 0.2) is 0 Å². The fourth-order valence-electron chi connectivity index (χ4n) is 2.61. The smallest absolute Gasteiger partial charge is 0.0101 e. The van der Waals surface area contributed by atoms with Gasteiger partial charge in [-0.1, -0.05) is 36.4 Å². The molecular formula is C15H21N. The molecule has 1 aliphatic carbocycles. The Hall–Kier alpha value is -1.08. The minimum Gasteiger partial charge on any atom is -0.317 e. The molecule has 1 aliphatic rings. The van der Waals surface area contributed by atoms with Gasteiger partial charge >= 0.3 is 0 Å². The van der Waals surface area contributed by atoms with Crippen molar-refractivity contribution in [1.29, 1.82) is 0 Å². The van der Waals surface area contributed by atoms with E-state index < -0.39 is 0 Å². The molecule has 1 saturated carbocycles. The molecule has 86 valence electrons. The van der Waals surface area contributed by atoms with Crippen LogP contribution in [-0.4, -0.2) is 13.1 Å². The summed E-state index contributed by atoms with van der Waals surface area (Å²) in [6.45, 7) is 3.80. The maximum Gasteiger partial charge on any atom is 0.0101 e. The molecule has 1 fully saturated rings. The predicted molar refractivity (Wildman–Crippen MR) is 69.6 cm³/mol. The van der Waals surface area contributed by atoms with Crippen LogP contribution >= 0.6 is 0 Å². The third-order valence-electron chi connectivity index (χ3n) is 3.64. The summed E-state index contributed by atoms with van der Waals surface area (Å²) in [6, 6.07) is 11.5. The molecular weight excluding hydrogens is 194 g/mol. The molecule has 16 heavy (non-hydrogen) atoms. The van der Waals surface area contributed by atoms with Crippen LogP contribution in [-0.2, 0) is 0 Å². The molecule has 0 saturated heterocycles. The van der Waals surface area contributed by atoms with Crippen molar-refractivity contribution in [2.75, 3.05) is 7.05 Å². The van der Waals surface area contributed by atoms with Crippen LogP contribution in [0, 0.1) is 5.92 Å². The molecule has 1 heteroatoms. The second-order valence-electron chi connectivity index (χ2n) is 4.68. The first-order valence-electron chi connectivity index (χ1n) is 6.20. The van der Waals surface area contributed by atoms with E-state index >= 15 is 0 Å². The first kappa shape index (κ1) is 11.4. The van der Waals surface area contributed by atoms with Gasteiger partial charge in [0, 0.05) is 6.04 Å². The highest BCUT2D eigenvalue weighted by molar-refractivity contribution is 5.26. The van der Waals surface area contributed by atoms with E-state index in [2.05, 4.69) is 49.3 Å². The van der Waals surface area contributed by atoms with Crippen molar-refractivity contribution in [3.63, 3.8) is 0 Å². The van der Waals surface area contributed by atoms with E-state index in [1.807, 2.05) is 6.08 Å². The summed E-state index contributed by atoms with van der Waals surface area (Å²) in [7, 11) is 2.08. The third-order valence-corrected chi connectivity index (χ3v) is 3.64. The molecule has 0 amide bonds. The highest BCUT2D eigenvalue weighted by Gasteiger charge is 2.42. The molecule has 1 nitrogen and oxygen atoms in total. The van der Waals surface area contributed by atoms with Crippen LogP contribution in [0.2, 0.25) is 0 Å². The van der Waals surface area contributed by atoms with Crippen molar-refractivity contribution in [2.24, 2.45) is 5.92 Å². The van der Waals surface area contributed by atoms with E-state index in [-0.39, 0.29) is 0 Å². The van der Waals surface area contributed by atoms with E-state index in [0.717, 1.165) is 18.3 Å². The Bertz CT molecular complexity index is 331. The molecule has 0 aromatic heterocycles. The molecule has 1 aromatic carbocycles. The molecule has 0 radical (unpaired) electrons. The largest absolute Gasteiger partial charge is 0.317 e. The highest BCUT2D eigenvalue weighted by Crippen LogP contribution is 2.50. The lowest BCUT2D eigenvalue weighted by molar-refractivity contribution is 0.466. The van der Waals surface area contributed by atoms with Gasteiger partial charge in [-0.3, -0.25) is 0 Å². The Kier molecular flexibility index (Phi) is 3.79. The third kappa shape index (κ3) is 2.53. The fourth-order valence-corrected chi connectivity index (χ4v) is 2.61. The van der Waals surface area contributed by atoms with Crippen molar-refractivity contribution >= 4 is 0 Å². The number of nitrogens with one attached hydrogen (secondary N) is 1. The summed E-state index contributed by atoms with van der Waals surface area (Å²) < 4.78 is 0. The maximum absolute atomic E-state index is 3.80. The Morgan fingerprint density at radius 1 is 1.44 bits per heavy atom. The Morgan fingerprint density at radius 2 is 2.19 bits per heavy atom. The molecule has 1 N–H and O–H groups in total. The minimum atomic E-state index is 0.656. The molecule has 0 bridgehead atoms. The van der Waals surface area contributed by atoms with E-state index in [4.69, 9.17) is 0 Å². The summed E-state index contributed by atoms with van der Waals surface area (Å²) in [4.78, 5) is 0. The lowest BCUT2D eigenvalue weighted by Crippen LogP contribution is -2.27. The van der Waals surface area contributed by atoms with Gasteiger partial charge in [-0.15, -0.1) is 6.58 Å². The van der Waals surface area contributed by atoms with Crippen LogP contribution in [0.25, 0.3) is 0 Å². The van der Waals surface area contributed by atoms with Crippen LogP contribution < -0.4 is 5.32 Å². The zero-order valence-corrected chi connectivity index (χ0v) is 10.0. The quantitative estimate of drug-likeness (QED) is 0.718. The molecule has 3 unspecified atom stereocenters. The molecule has 2 rings (SSSR count). The number of allylic oxidation sites excluding steroid dienone is 1. The van der Waals surface area contributed by atoms with Crippen LogP contribution in [0.3, 0.4) is 0 Å². The van der Waals surface area contributed by atoms with Crippen molar-refractivity contribution in [3.8, 4) is 0 Å². The van der Waals surface area contributed by atoms with Crippen molar-refractivity contribution in [2.45, 2.75) is 31.2 Å². The summed E-state index contributed by atoms with van der Waals surface area (Å²) in [5.74, 6) is 1.61. The first-order valence-corrected chi connectivity index (χ1v) is 6.20. The molecule has 0 spiro atoms. The van der Waals surface area contributed by atoms with Gasteiger partial charge in [-0.05, 0) is 43.7 Å². The number of rotatable bonds is 6. The van der Waals surface area contributed by atoms with Gasteiger partial charge in [0.05, 0.1) is 0 Å². The Morgan fingerprint density at radius 3 is 2.81 bits per heavy atom. The zero-order valence-electron chi connectivity index (χ0n) is 10.0. The average Bonchev–Trinajstić information content (AvgIpc) is 3.12. The topological polar surface area (TPSA) is 12.0 Å². The van der Waals surface area contributed by atoms with E-state index in [0.29, 0.717) is 6.04 Å². The normalized spacial score (nSPS) is 25.1. The van der Waals surface area contributed by atoms with Gasteiger partial charge in [0.25, 0.3) is 0 Å². The SMILES string of the molecule is C=CCCC(NC)C1CC1c1ccccc1. The summed E-state index contributed by atoms with van der Waals surface area (Å²) >= 11 is 0. The number of hydrogen-bond acceptors (Lipinski definition) is 1. The maximum atomic E-state index is 3.80. The summed E-state index contributed by atoms with van der Waals surface area (Å²) in [5, 5.41) is 3.45. The van der Waals surface area contributed by atoms with Gasteiger partial charge in [0.1, 0.15) is 0 Å². The van der Waals surface area contributed by atoms with Crippen LogP contribution in [0.4, 0.5) is 0 Å². The zero-order chi connectivity index (χ0) is 11.4. The lowest BCUT2D eigenvalue weighted by Gasteiger charge is -2.15. The lowest BCUT2D eigenvalue weighted by atomic mass is 10.0. The van der Waals surface area contributed by atoms with Gasteiger partial charge in [-0.25, -0.2) is 0 Å². The molecule has 0 aliphatic heterocycles. The average molecular weight is 215 g/mol. The fraction of sp³-hybridized carbons (Fsp3) is 0.467. The van der Waals surface area contributed by atoms with E-state index in [1.54, 1.807) is 0 Å². The van der Waals surface area contributed by atoms with Crippen molar-refractivity contribution in [1.82, 2.24) is 5.32 Å². The monoisotopic (exact) mass is 215 g/mol. The summed E-state index contributed by atoms with van der Waals surface area (Å²) in [5.41, 5.74) is 1.51. The van der Waals surface area contributed by atoms with E-state index in [9.17, 15) is 0 Å². The summed E-state index contributed by atoms with van der Waals surface area (Å²) in [6.07, 6.45) is 5.69. The van der Waals surface area contributed by atoms with Crippen LogP contribution in [0.15, 0.2) is 43.0 Å². The van der Waals surface area contributed by atoms with Gasteiger partial charge in [0.2, 0.25) is 0 Å². The first-order chi connectivity index (χ1) is 7.86. The second-order valence-corrected chi connectivity index (χ2v) is 4.68. The van der Waals surface area contributed by atoms with E-state index in [1.165, 1.54) is 18.4 Å². The van der Waals surface area contributed by atoms with Crippen LogP contribution in [0.1, 0.15) is 30.7 Å². The predicted octanol–water partition coefficient (Wildman–Crippen LogP) is 3.34. The number of benzene rings is 1. The molecule has 0 heterocycles. The second kappa shape index (κ2) is 5.31. The standard InChI is InChI=1S/C15H21N/c1-3-4-10-15(16-2)14-11-13(14)12-8-6-5-7-9-12/h3,5-9,13-16H,1,4,10-11H2,2H3. The highest BCUT2D eigenvalue weighted by atomic mass is 14.9. The van der Waals surface area contributed by atoms with Gasteiger partial charge in [-0.2, -0.15) is 0 Å². The van der Waals surface area contributed by atoms with Crippen molar-refractivity contribution < 1.29 is 0 Å². The van der Waals surface area contributed by atoms with Gasteiger partial charge < -0.3 is 5.32 Å². The van der Waals surface area contributed by atoms with Crippen LogP contribution in [0.5, 0.6) is 0 Å². The Balaban J connectivity index is 1.92. The molecule has 1 aromatic rings. The minimum absolute atomic E-state index is 0.656. The number of hydrogen-bond donors (Lipinski definition) is 1. The Labute approximate surface area is 98.6 Å².